The van der Waals surface area contributed by atoms with E-state index in [-0.39, 0.29) is 60.3 Å². The smallest absolute Gasteiger partial charge is 0.455 e. The van der Waals surface area contributed by atoms with E-state index in [0.29, 0.717) is 10.8 Å². The summed E-state index contributed by atoms with van der Waals surface area (Å²) in [6.45, 7) is 6.55. The number of halogens is 3. The SMILES string of the molecule is CCCCP(=O)(CCCC)CCCC.O=C(c1c(O)c2c(ccc3ccccc32)oc1=O)C(F)(F)F.O=P(c1ccccc1)(c1ccccc1)c1ccccc1.[Eu]. The molecule has 0 atom stereocenters. The first-order valence-electron chi connectivity index (χ1n) is 18.9. The van der Waals surface area contributed by atoms with Crippen LogP contribution in [0.3, 0.4) is 0 Å². The van der Waals surface area contributed by atoms with Crippen LogP contribution in [0.1, 0.15) is 69.7 Å². The molecule has 0 saturated carbocycles. The minimum atomic E-state index is -5.29. The molecule has 1 N–H and O–H groups in total. The Kier molecular flexibility index (Phi) is 19.4. The number of ketones is 1. The van der Waals surface area contributed by atoms with E-state index < -0.39 is 43.2 Å². The van der Waals surface area contributed by atoms with Crippen molar-refractivity contribution in [1.82, 2.24) is 0 Å². The van der Waals surface area contributed by atoms with Crippen molar-refractivity contribution >= 4 is 57.7 Å². The van der Waals surface area contributed by atoms with Crippen LogP contribution in [0.4, 0.5) is 13.2 Å². The number of alkyl halides is 3. The van der Waals surface area contributed by atoms with E-state index in [4.69, 9.17) is 4.42 Å². The Bertz CT molecular complexity index is 2200. The summed E-state index contributed by atoms with van der Waals surface area (Å²) in [6, 6.07) is 38.6. The van der Waals surface area contributed by atoms with Gasteiger partial charge in [-0.05, 0) is 36.1 Å². The largest absolute Gasteiger partial charge is 0.506 e. The molecule has 0 bridgehead atoms. The van der Waals surface area contributed by atoms with Gasteiger partial charge in [0.2, 0.25) is 0 Å². The van der Waals surface area contributed by atoms with E-state index in [1.165, 1.54) is 25.3 Å². The molecule has 57 heavy (non-hydrogen) atoms. The van der Waals surface area contributed by atoms with E-state index in [2.05, 4.69) is 20.8 Å². The average molecular weight is 957 g/mol. The molecule has 1 heterocycles. The molecular weight excluding hydrogens is 907 g/mol. The molecule has 303 valence electrons. The van der Waals surface area contributed by atoms with Gasteiger partial charge in [0.15, 0.2) is 12.7 Å². The fourth-order valence-electron chi connectivity index (χ4n) is 6.33. The van der Waals surface area contributed by atoms with Crippen molar-refractivity contribution in [1.29, 1.82) is 0 Å². The van der Waals surface area contributed by atoms with Gasteiger partial charge in [0, 0.05) is 83.8 Å². The van der Waals surface area contributed by atoms with Gasteiger partial charge >= 0.3 is 11.8 Å². The van der Waals surface area contributed by atoms with Crippen molar-refractivity contribution in [2.24, 2.45) is 0 Å². The minimum absolute atomic E-state index is 0. The third-order valence-electron chi connectivity index (χ3n) is 9.37. The zero-order chi connectivity index (χ0) is 40.8. The summed E-state index contributed by atoms with van der Waals surface area (Å²) in [4.78, 5) is 23.0. The Labute approximate surface area is 373 Å². The number of hydrogen-bond donors (Lipinski definition) is 1. The number of unbranched alkanes of at least 4 members (excludes halogenated alkanes) is 3. The fraction of sp³-hybridized carbons (Fsp3) is 0.289. The van der Waals surface area contributed by atoms with Crippen molar-refractivity contribution in [3.05, 3.63) is 143 Å². The number of rotatable bonds is 13. The van der Waals surface area contributed by atoms with Crippen molar-refractivity contribution in [2.75, 3.05) is 18.5 Å². The molecule has 6 aromatic rings. The van der Waals surface area contributed by atoms with Crippen LogP contribution in [0, 0.1) is 49.4 Å². The topological polar surface area (TPSA) is 102 Å². The van der Waals surface area contributed by atoms with Gasteiger partial charge in [-0.3, -0.25) is 4.79 Å². The molecule has 1 aromatic heterocycles. The summed E-state index contributed by atoms with van der Waals surface area (Å²) in [5.41, 5.74) is -3.03. The molecule has 0 amide bonds. The van der Waals surface area contributed by atoms with Crippen LogP contribution >= 0.6 is 14.3 Å². The zero-order valence-corrected chi connectivity index (χ0v) is 36.6. The van der Waals surface area contributed by atoms with E-state index in [1.807, 2.05) is 91.0 Å². The maximum Gasteiger partial charge on any atom is 0.455 e. The Morgan fingerprint density at radius 1 is 0.632 bits per heavy atom. The second kappa shape index (κ2) is 22.9. The Hall–Kier alpha value is -3.13. The molecule has 0 spiro atoms. The van der Waals surface area contributed by atoms with Gasteiger partial charge in [-0.25, -0.2) is 4.79 Å². The number of carbonyl (C=O) groups is 1. The van der Waals surface area contributed by atoms with Gasteiger partial charge in [0.25, 0.3) is 5.78 Å². The first kappa shape index (κ1) is 48.2. The monoisotopic (exact) mass is 957 g/mol. The van der Waals surface area contributed by atoms with Crippen molar-refractivity contribution in [2.45, 2.75) is 65.5 Å². The third kappa shape index (κ3) is 12.7. The van der Waals surface area contributed by atoms with Crippen LogP contribution in [0.5, 0.6) is 5.75 Å². The van der Waals surface area contributed by atoms with Crippen LogP contribution in [-0.2, 0) is 9.13 Å². The average Bonchev–Trinajstić information content (AvgIpc) is 3.22. The summed E-state index contributed by atoms with van der Waals surface area (Å²) in [7, 11) is -4.55. The van der Waals surface area contributed by atoms with E-state index in [9.17, 15) is 37.0 Å². The Morgan fingerprint density at radius 2 is 1.04 bits per heavy atom. The van der Waals surface area contributed by atoms with Crippen molar-refractivity contribution in [3.8, 4) is 5.75 Å². The van der Waals surface area contributed by atoms with E-state index >= 15 is 0 Å². The fourth-order valence-corrected chi connectivity index (χ4v) is 12.3. The molecule has 0 fully saturated rings. The van der Waals surface area contributed by atoms with E-state index in [0.717, 1.165) is 53.7 Å². The Morgan fingerprint density at radius 3 is 1.44 bits per heavy atom. The van der Waals surface area contributed by atoms with Crippen molar-refractivity contribution in [3.63, 3.8) is 0 Å². The molecule has 0 aliphatic carbocycles. The number of hydrogen-bond acceptors (Lipinski definition) is 6. The van der Waals surface area contributed by atoms with Gasteiger partial charge < -0.3 is 18.7 Å². The summed E-state index contributed by atoms with van der Waals surface area (Å²) < 4.78 is 68.8. The second-order valence-electron chi connectivity index (χ2n) is 13.5. The summed E-state index contributed by atoms with van der Waals surface area (Å²) in [5.74, 6) is -3.46. The van der Waals surface area contributed by atoms with Gasteiger partial charge in [-0.2, -0.15) is 13.2 Å². The number of benzene rings is 5. The maximum absolute atomic E-state index is 13.8. The molecule has 12 heteroatoms. The van der Waals surface area contributed by atoms with Crippen LogP contribution in [0.25, 0.3) is 21.7 Å². The maximum atomic E-state index is 13.8. The van der Waals surface area contributed by atoms with Crippen LogP contribution in [-0.4, -0.2) is 35.6 Å². The standard InChI is InChI=1S/C18H15OP.C15H7F3O4.C12H27OP.Eu/c19-20(16-10-4-1-5-11-16,17-12-6-2-7-13-17)18-14-8-3-9-15-18;16-15(17,18)13(20)11-12(19)10-8-4-2-1-3-7(8)5-6-9(10)22-14(11)21;1-4-7-10-14(13,11-8-5-2)12-9-6-3;/h1-15H;1-6,19H;4-12H2,1-3H3;. The second-order valence-corrected chi connectivity index (χ2v) is 19.7. The Balaban J connectivity index is 0.000000233. The molecule has 0 saturated heterocycles. The molecule has 5 aromatic carbocycles. The summed E-state index contributed by atoms with van der Waals surface area (Å²) in [6.07, 6.45) is 4.74. The predicted molar refractivity (Wildman–Crippen MR) is 225 cm³/mol. The number of aromatic hydroxyl groups is 1. The first-order chi connectivity index (χ1) is 26.8. The van der Waals surface area contributed by atoms with Gasteiger partial charge in [-0.1, -0.05) is 161 Å². The number of Topliss-reactive ketones (excluding diaryl/α,β-unsaturated/α-hetero) is 1. The molecule has 0 aliphatic heterocycles. The molecule has 6 rings (SSSR count). The first-order valence-corrected chi connectivity index (χ1v) is 22.9. The third-order valence-corrected chi connectivity index (χ3v) is 15.8. The molecule has 0 aliphatic rings. The summed E-state index contributed by atoms with van der Waals surface area (Å²) >= 11 is 0. The van der Waals surface area contributed by atoms with Gasteiger partial charge in [0.1, 0.15) is 11.3 Å². The van der Waals surface area contributed by atoms with Crippen LogP contribution in [0.15, 0.2) is 137 Å². The molecule has 0 unspecified atom stereocenters. The molecule has 6 nitrogen and oxygen atoms in total. The van der Waals surface area contributed by atoms with E-state index in [1.54, 1.807) is 30.3 Å². The summed E-state index contributed by atoms with van der Waals surface area (Å²) in [5, 5.41) is 13.6. The number of fused-ring (bicyclic) bond motifs is 3. The van der Waals surface area contributed by atoms with Crippen LogP contribution in [0.2, 0.25) is 0 Å². The molecule has 1 radical (unpaired) electrons. The minimum Gasteiger partial charge on any atom is -0.506 e. The quantitative estimate of drug-likeness (QED) is 0.0535. The van der Waals surface area contributed by atoms with Crippen molar-refractivity contribution < 1.29 is 86.0 Å². The number of carbonyl (C=O) groups excluding carboxylic acids is 1. The zero-order valence-electron chi connectivity index (χ0n) is 32.4. The normalized spacial score (nSPS) is 11.5. The predicted octanol–water partition coefficient (Wildman–Crippen LogP) is 11.5. The van der Waals surface area contributed by atoms with Gasteiger partial charge in [-0.15, -0.1) is 0 Å². The molecular formula is C45H49EuF3O6P2. The van der Waals surface area contributed by atoms with Gasteiger partial charge in [0.05, 0.1) is 12.5 Å². The van der Waals surface area contributed by atoms with Crippen LogP contribution < -0.4 is 21.5 Å².